The summed E-state index contributed by atoms with van der Waals surface area (Å²) in [4.78, 5) is 16.2. The predicted octanol–water partition coefficient (Wildman–Crippen LogP) is 1.15. The summed E-state index contributed by atoms with van der Waals surface area (Å²) in [6.07, 6.45) is 7.69. The highest BCUT2D eigenvalue weighted by atomic mass is 16.2. The fraction of sp³-hybridized carbons (Fsp3) is 0.533. The van der Waals surface area contributed by atoms with Crippen LogP contribution in [0.15, 0.2) is 24.5 Å². The molecule has 0 aliphatic heterocycles. The Morgan fingerprint density at radius 1 is 1.55 bits per heavy atom. The van der Waals surface area contributed by atoms with Gasteiger partial charge in [0.05, 0.1) is 12.0 Å². The van der Waals surface area contributed by atoms with Crippen LogP contribution in [0.4, 0.5) is 0 Å². The van der Waals surface area contributed by atoms with Gasteiger partial charge in [-0.3, -0.25) is 9.78 Å². The minimum Gasteiger partial charge on any atom is -0.340 e. The summed E-state index contributed by atoms with van der Waals surface area (Å²) in [7, 11) is 0. The van der Waals surface area contributed by atoms with E-state index in [2.05, 4.69) is 16.4 Å². The van der Waals surface area contributed by atoms with Gasteiger partial charge in [0.25, 0.3) is 0 Å². The zero-order valence-electron chi connectivity index (χ0n) is 11.5. The molecule has 1 heterocycles. The minimum absolute atomic E-state index is 0.0820. The van der Waals surface area contributed by atoms with Crippen LogP contribution in [0.3, 0.4) is 0 Å². The molecule has 0 aromatic carbocycles. The van der Waals surface area contributed by atoms with Crippen LogP contribution in [0.5, 0.6) is 0 Å². The number of amides is 1. The van der Waals surface area contributed by atoms with Crippen molar-refractivity contribution in [1.82, 2.24) is 10.3 Å². The minimum atomic E-state index is -0.527. The lowest BCUT2D eigenvalue weighted by molar-refractivity contribution is -0.126. The second kappa shape index (κ2) is 7.01. The Balaban J connectivity index is 1.93. The van der Waals surface area contributed by atoms with Crippen LogP contribution in [0.2, 0.25) is 0 Å². The molecule has 1 amide bonds. The van der Waals surface area contributed by atoms with Gasteiger partial charge in [0.1, 0.15) is 6.04 Å². The van der Waals surface area contributed by atoms with Crippen molar-refractivity contribution in [3.8, 4) is 6.07 Å². The lowest BCUT2D eigenvalue weighted by Crippen LogP contribution is -2.47. The van der Waals surface area contributed by atoms with E-state index in [-0.39, 0.29) is 17.9 Å². The van der Waals surface area contributed by atoms with Crippen molar-refractivity contribution < 1.29 is 4.79 Å². The Morgan fingerprint density at radius 3 is 3.00 bits per heavy atom. The fourth-order valence-corrected chi connectivity index (χ4v) is 2.65. The number of nitriles is 1. The van der Waals surface area contributed by atoms with Gasteiger partial charge in [-0.25, -0.2) is 0 Å². The van der Waals surface area contributed by atoms with Gasteiger partial charge in [0.15, 0.2) is 0 Å². The number of rotatable bonds is 4. The van der Waals surface area contributed by atoms with Crippen molar-refractivity contribution >= 4 is 5.91 Å². The SMILES string of the molecule is N#CC(Cc1cccnc1)NC(=O)[C@@H]1CCCC[C@@H]1N. The van der Waals surface area contributed by atoms with Gasteiger partial charge in [0, 0.05) is 24.9 Å². The van der Waals surface area contributed by atoms with Crippen molar-refractivity contribution in [2.24, 2.45) is 11.7 Å². The third-order valence-corrected chi connectivity index (χ3v) is 3.79. The van der Waals surface area contributed by atoms with Crippen molar-refractivity contribution in [3.63, 3.8) is 0 Å². The van der Waals surface area contributed by atoms with Gasteiger partial charge in [-0.05, 0) is 24.5 Å². The summed E-state index contributed by atoms with van der Waals surface area (Å²) in [5.41, 5.74) is 6.93. The second-order valence-corrected chi connectivity index (χ2v) is 5.31. The maximum absolute atomic E-state index is 12.2. The summed E-state index contributed by atoms with van der Waals surface area (Å²) in [5.74, 6) is -0.249. The molecule has 5 heteroatoms. The van der Waals surface area contributed by atoms with Crippen LogP contribution in [0.25, 0.3) is 0 Å². The molecular formula is C15H20N4O. The lowest BCUT2D eigenvalue weighted by Gasteiger charge is -2.28. The summed E-state index contributed by atoms with van der Waals surface area (Å²) in [6, 6.07) is 5.25. The number of pyridine rings is 1. The summed E-state index contributed by atoms with van der Waals surface area (Å²) < 4.78 is 0. The van der Waals surface area contributed by atoms with E-state index in [4.69, 9.17) is 5.73 Å². The van der Waals surface area contributed by atoms with Gasteiger partial charge in [0.2, 0.25) is 5.91 Å². The van der Waals surface area contributed by atoms with Crippen molar-refractivity contribution in [2.75, 3.05) is 0 Å². The highest BCUT2D eigenvalue weighted by Gasteiger charge is 2.29. The summed E-state index contributed by atoms with van der Waals surface area (Å²) >= 11 is 0. The third kappa shape index (κ3) is 3.78. The van der Waals surface area contributed by atoms with Crippen molar-refractivity contribution in [1.29, 1.82) is 5.26 Å². The van der Waals surface area contributed by atoms with Gasteiger partial charge >= 0.3 is 0 Å². The van der Waals surface area contributed by atoms with Crippen LogP contribution in [-0.2, 0) is 11.2 Å². The van der Waals surface area contributed by atoms with Gasteiger partial charge in [-0.15, -0.1) is 0 Å². The molecule has 0 saturated heterocycles. The largest absolute Gasteiger partial charge is 0.340 e. The molecule has 1 saturated carbocycles. The van der Waals surface area contributed by atoms with Crippen LogP contribution < -0.4 is 11.1 Å². The molecule has 0 spiro atoms. The molecule has 5 nitrogen and oxygen atoms in total. The highest BCUT2D eigenvalue weighted by molar-refractivity contribution is 5.80. The van der Waals surface area contributed by atoms with E-state index in [9.17, 15) is 10.1 Å². The maximum Gasteiger partial charge on any atom is 0.225 e. The first kappa shape index (κ1) is 14.5. The normalized spacial score (nSPS) is 23.6. The summed E-state index contributed by atoms with van der Waals surface area (Å²) in [5, 5.41) is 12.0. The third-order valence-electron chi connectivity index (χ3n) is 3.79. The van der Waals surface area contributed by atoms with Crippen LogP contribution in [0, 0.1) is 17.2 Å². The smallest absolute Gasteiger partial charge is 0.225 e. The topological polar surface area (TPSA) is 91.8 Å². The van der Waals surface area contributed by atoms with E-state index in [1.165, 1.54) is 0 Å². The molecule has 1 aromatic rings. The average Bonchev–Trinajstić information content (AvgIpc) is 2.48. The first-order valence-electron chi connectivity index (χ1n) is 7.05. The van der Waals surface area contributed by atoms with E-state index < -0.39 is 6.04 Å². The molecular weight excluding hydrogens is 252 g/mol. The van der Waals surface area contributed by atoms with E-state index in [0.29, 0.717) is 6.42 Å². The number of carbonyl (C=O) groups excluding carboxylic acids is 1. The Kier molecular flexibility index (Phi) is 5.08. The van der Waals surface area contributed by atoms with Gasteiger partial charge < -0.3 is 11.1 Å². The molecule has 0 radical (unpaired) electrons. The van der Waals surface area contributed by atoms with Crippen molar-refractivity contribution in [3.05, 3.63) is 30.1 Å². The van der Waals surface area contributed by atoms with Crippen LogP contribution >= 0.6 is 0 Å². The van der Waals surface area contributed by atoms with E-state index >= 15 is 0 Å². The first-order chi connectivity index (χ1) is 9.70. The Bertz CT molecular complexity index is 482. The standard InChI is InChI=1S/C15H20N4O/c16-9-12(8-11-4-3-7-18-10-11)19-15(20)13-5-1-2-6-14(13)17/h3-4,7,10,12-14H,1-2,5-6,8,17H2,(H,19,20)/t12?,13-,14+/m1/s1. The quantitative estimate of drug-likeness (QED) is 0.860. The predicted molar refractivity (Wildman–Crippen MR) is 75.4 cm³/mol. The zero-order chi connectivity index (χ0) is 14.4. The Hall–Kier alpha value is -1.93. The monoisotopic (exact) mass is 272 g/mol. The number of hydrogen-bond acceptors (Lipinski definition) is 4. The first-order valence-corrected chi connectivity index (χ1v) is 7.05. The van der Waals surface area contributed by atoms with Crippen molar-refractivity contribution in [2.45, 2.75) is 44.2 Å². The molecule has 1 fully saturated rings. The van der Waals surface area contributed by atoms with Gasteiger partial charge in [-0.2, -0.15) is 5.26 Å². The molecule has 2 rings (SSSR count). The molecule has 106 valence electrons. The molecule has 1 aliphatic carbocycles. The van der Waals surface area contributed by atoms with E-state index in [1.54, 1.807) is 12.4 Å². The second-order valence-electron chi connectivity index (χ2n) is 5.31. The molecule has 3 N–H and O–H groups in total. The van der Waals surface area contributed by atoms with E-state index in [0.717, 1.165) is 31.2 Å². The Morgan fingerprint density at radius 2 is 2.35 bits per heavy atom. The molecule has 1 unspecified atom stereocenters. The number of nitrogens with two attached hydrogens (primary N) is 1. The molecule has 1 aliphatic rings. The maximum atomic E-state index is 12.2. The average molecular weight is 272 g/mol. The number of aromatic nitrogens is 1. The van der Waals surface area contributed by atoms with E-state index in [1.807, 2.05) is 12.1 Å². The zero-order valence-corrected chi connectivity index (χ0v) is 11.5. The number of carbonyl (C=O) groups is 1. The molecule has 0 bridgehead atoms. The van der Waals surface area contributed by atoms with Gasteiger partial charge in [-0.1, -0.05) is 18.9 Å². The number of nitrogens with one attached hydrogen (secondary N) is 1. The number of hydrogen-bond donors (Lipinski definition) is 2. The van der Waals surface area contributed by atoms with Crippen LogP contribution in [-0.4, -0.2) is 23.0 Å². The van der Waals surface area contributed by atoms with Crippen LogP contribution in [0.1, 0.15) is 31.2 Å². The number of nitrogens with zero attached hydrogens (tertiary/aromatic N) is 2. The lowest BCUT2D eigenvalue weighted by atomic mass is 9.84. The molecule has 3 atom stereocenters. The Labute approximate surface area is 119 Å². The highest BCUT2D eigenvalue weighted by Crippen LogP contribution is 2.23. The fourth-order valence-electron chi connectivity index (χ4n) is 2.65. The molecule has 1 aromatic heterocycles. The molecule has 20 heavy (non-hydrogen) atoms. The summed E-state index contributed by atoms with van der Waals surface area (Å²) in [6.45, 7) is 0.